The topological polar surface area (TPSA) is 93.2 Å². The van der Waals surface area contributed by atoms with Crippen LogP contribution in [0.3, 0.4) is 0 Å². The third-order valence-corrected chi connectivity index (χ3v) is 5.40. The summed E-state index contributed by atoms with van der Waals surface area (Å²) in [6.07, 6.45) is 0. The van der Waals surface area contributed by atoms with E-state index in [1.807, 2.05) is 37.3 Å². The van der Waals surface area contributed by atoms with Crippen LogP contribution in [0, 0.1) is 13.8 Å². The molecule has 0 spiro atoms. The number of para-hydroxylation sites is 2. The van der Waals surface area contributed by atoms with Gasteiger partial charge in [-0.05, 0) is 55.3 Å². The molecular formula is C19H20N4O3S. The summed E-state index contributed by atoms with van der Waals surface area (Å²) >= 11 is 0. The number of methoxy groups -OCH3 is 1. The maximum Gasteiger partial charge on any atom is 0.263 e. The monoisotopic (exact) mass is 384 g/mol. The van der Waals surface area contributed by atoms with Gasteiger partial charge < -0.3 is 10.1 Å². The Morgan fingerprint density at radius 1 is 0.926 bits per heavy atom. The molecule has 0 bridgehead atoms. The number of ether oxygens (including phenoxy) is 1. The van der Waals surface area contributed by atoms with Crippen molar-refractivity contribution in [1.82, 2.24) is 10.2 Å². The van der Waals surface area contributed by atoms with Crippen molar-refractivity contribution in [1.29, 1.82) is 0 Å². The molecule has 2 aromatic carbocycles. The van der Waals surface area contributed by atoms with Gasteiger partial charge in [-0.3, -0.25) is 4.72 Å². The SMILES string of the molecule is COc1ccccc1Nc1ccc(NS(=O)(=O)c2cc(C)ccc2C)nn1. The minimum atomic E-state index is -3.74. The Morgan fingerprint density at radius 3 is 2.33 bits per heavy atom. The molecule has 140 valence electrons. The predicted octanol–water partition coefficient (Wildman–Crippen LogP) is 3.65. The molecule has 0 fully saturated rings. The van der Waals surface area contributed by atoms with Crippen LogP contribution in [-0.4, -0.2) is 25.7 Å². The van der Waals surface area contributed by atoms with Crippen molar-refractivity contribution in [2.24, 2.45) is 0 Å². The molecule has 0 saturated carbocycles. The van der Waals surface area contributed by atoms with Crippen LogP contribution in [0.2, 0.25) is 0 Å². The molecule has 3 aromatic rings. The Labute approximate surface area is 158 Å². The van der Waals surface area contributed by atoms with Gasteiger partial charge in [0, 0.05) is 0 Å². The standard InChI is InChI=1S/C19H20N4O3S/c1-13-8-9-14(2)17(12-13)27(24,25)23-19-11-10-18(21-22-19)20-15-6-4-5-7-16(15)26-3/h4-12H,1-3H3,(H,20,21)(H,22,23). The molecule has 0 aliphatic heterocycles. The molecular weight excluding hydrogens is 364 g/mol. The zero-order chi connectivity index (χ0) is 19.4. The normalized spacial score (nSPS) is 11.1. The molecule has 0 aliphatic carbocycles. The number of hydrogen-bond donors (Lipinski definition) is 2. The lowest BCUT2D eigenvalue weighted by atomic mass is 10.2. The number of rotatable bonds is 6. The molecule has 8 heteroatoms. The summed E-state index contributed by atoms with van der Waals surface area (Å²) in [5, 5.41) is 11.1. The predicted molar refractivity (Wildman–Crippen MR) is 105 cm³/mol. The fourth-order valence-corrected chi connectivity index (χ4v) is 3.86. The van der Waals surface area contributed by atoms with Crippen molar-refractivity contribution in [3.63, 3.8) is 0 Å². The number of nitrogens with one attached hydrogen (secondary N) is 2. The Kier molecular flexibility index (Phi) is 5.27. The van der Waals surface area contributed by atoms with E-state index >= 15 is 0 Å². The summed E-state index contributed by atoms with van der Waals surface area (Å²) in [7, 11) is -2.16. The third kappa shape index (κ3) is 4.35. The summed E-state index contributed by atoms with van der Waals surface area (Å²) in [4.78, 5) is 0.223. The van der Waals surface area contributed by atoms with Gasteiger partial charge in [0.15, 0.2) is 11.6 Å². The van der Waals surface area contributed by atoms with Crippen LogP contribution in [-0.2, 0) is 10.0 Å². The van der Waals surface area contributed by atoms with E-state index in [-0.39, 0.29) is 10.7 Å². The zero-order valence-corrected chi connectivity index (χ0v) is 16.0. The molecule has 1 heterocycles. The first-order valence-corrected chi connectivity index (χ1v) is 9.71. The average Bonchev–Trinajstić information content (AvgIpc) is 2.65. The van der Waals surface area contributed by atoms with Gasteiger partial charge in [-0.25, -0.2) is 8.42 Å². The van der Waals surface area contributed by atoms with Crippen LogP contribution < -0.4 is 14.8 Å². The summed E-state index contributed by atoms with van der Waals surface area (Å²) < 4.78 is 33.0. The first-order valence-electron chi connectivity index (χ1n) is 8.23. The number of anilines is 3. The van der Waals surface area contributed by atoms with Gasteiger partial charge in [0.2, 0.25) is 0 Å². The smallest absolute Gasteiger partial charge is 0.263 e. The highest BCUT2D eigenvalue weighted by Crippen LogP contribution is 2.26. The third-order valence-electron chi connectivity index (χ3n) is 3.91. The van der Waals surface area contributed by atoms with Gasteiger partial charge in [0.25, 0.3) is 10.0 Å². The number of nitrogens with zero attached hydrogens (tertiary/aromatic N) is 2. The fraction of sp³-hybridized carbons (Fsp3) is 0.158. The highest BCUT2D eigenvalue weighted by atomic mass is 32.2. The van der Waals surface area contributed by atoms with E-state index in [4.69, 9.17) is 4.74 Å². The molecule has 2 N–H and O–H groups in total. The van der Waals surface area contributed by atoms with Crippen LogP contribution in [0.1, 0.15) is 11.1 Å². The van der Waals surface area contributed by atoms with Gasteiger partial charge in [-0.15, -0.1) is 10.2 Å². The molecule has 0 unspecified atom stereocenters. The van der Waals surface area contributed by atoms with Crippen molar-refractivity contribution >= 4 is 27.3 Å². The van der Waals surface area contributed by atoms with Crippen molar-refractivity contribution in [3.8, 4) is 5.75 Å². The number of hydrogen-bond acceptors (Lipinski definition) is 6. The van der Waals surface area contributed by atoms with Gasteiger partial charge in [-0.1, -0.05) is 24.3 Å². The number of sulfonamides is 1. The second kappa shape index (κ2) is 7.63. The highest BCUT2D eigenvalue weighted by Gasteiger charge is 2.18. The Hall–Kier alpha value is -3.13. The van der Waals surface area contributed by atoms with Crippen molar-refractivity contribution < 1.29 is 13.2 Å². The molecule has 0 radical (unpaired) electrons. The molecule has 0 saturated heterocycles. The second-order valence-electron chi connectivity index (χ2n) is 6.00. The largest absolute Gasteiger partial charge is 0.495 e. The molecule has 0 aliphatic rings. The maximum atomic E-state index is 12.6. The van der Waals surface area contributed by atoms with Crippen LogP contribution in [0.15, 0.2) is 59.5 Å². The van der Waals surface area contributed by atoms with E-state index in [2.05, 4.69) is 20.2 Å². The van der Waals surface area contributed by atoms with Crippen LogP contribution >= 0.6 is 0 Å². The number of aryl methyl sites for hydroxylation is 2. The minimum absolute atomic E-state index is 0.140. The van der Waals surface area contributed by atoms with Crippen molar-refractivity contribution in [2.75, 3.05) is 17.1 Å². The molecule has 7 nitrogen and oxygen atoms in total. The molecule has 3 rings (SSSR count). The van der Waals surface area contributed by atoms with E-state index < -0.39 is 10.0 Å². The van der Waals surface area contributed by atoms with Crippen LogP contribution in [0.25, 0.3) is 0 Å². The number of aromatic nitrogens is 2. The molecule has 1 aromatic heterocycles. The molecule has 0 amide bonds. The van der Waals surface area contributed by atoms with Gasteiger partial charge in [0.05, 0.1) is 17.7 Å². The van der Waals surface area contributed by atoms with Gasteiger partial charge in [-0.2, -0.15) is 0 Å². The quantitative estimate of drug-likeness (QED) is 0.674. The summed E-state index contributed by atoms with van der Waals surface area (Å²) in [5.41, 5.74) is 2.26. The highest BCUT2D eigenvalue weighted by molar-refractivity contribution is 7.92. The zero-order valence-electron chi connectivity index (χ0n) is 15.2. The molecule has 0 atom stereocenters. The van der Waals surface area contributed by atoms with Crippen molar-refractivity contribution in [3.05, 3.63) is 65.7 Å². The van der Waals surface area contributed by atoms with E-state index in [0.29, 0.717) is 17.1 Å². The van der Waals surface area contributed by atoms with E-state index in [9.17, 15) is 8.42 Å². The fourth-order valence-electron chi connectivity index (χ4n) is 2.53. The minimum Gasteiger partial charge on any atom is -0.495 e. The first-order chi connectivity index (χ1) is 12.9. The lowest BCUT2D eigenvalue weighted by Gasteiger charge is -2.12. The Bertz CT molecular complexity index is 1050. The van der Waals surface area contributed by atoms with Crippen LogP contribution in [0.5, 0.6) is 5.75 Å². The van der Waals surface area contributed by atoms with E-state index in [0.717, 1.165) is 11.3 Å². The van der Waals surface area contributed by atoms with Gasteiger partial charge >= 0.3 is 0 Å². The van der Waals surface area contributed by atoms with Crippen molar-refractivity contribution in [2.45, 2.75) is 18.7 Å². The summed E-state index contributed by atoms with van der Waals surface area (Å²) in [6.45, 7) is 3.59. The molecule has 27 heavy (non-hydrogen) atoms. The van der Waals surface area contributed by atoms with Crippen LogP contribution in [0.4, 0.5) is 17.3 Å². The van der Waals surface area contributed by atoms with Gasteiger partial charge in [0.1, 0.15) is 5.75 Å². The first kappa shape index (κ1) is 18.7. The Balaban J connectivity index is 1.78. The average molecular weight is 384 g/mol. The maximum absolute atomic E-state index is 12.6. The summed E-state index contributed by atoms with van der Waals surface area (Å²) in [5.74, 6) is 1.27. The Morgan fingerprint density at radius 2 is 1.63 bits per heavy atom. The van der Waals surface area contributed by atoms with E-state index in [1.165, 1.54) is 0 Å². The lowest BCUT2D eigenvalue weighted by molar-refractivity contribution is 0.417. The lowest BCUT2D eigenvalue weighted by Crippen LogP contribution is -2.15. The number of benzene rings is 2. The van der Waals surface area contributed by atoms with E-state index in [1.54, 1.807) is 38.3 Å². The summed E-state index contributed by atoms with van der Waals surface area (Å²) in [6, 6.07) is 15.9. The second-order valence-corrected chi connectivity index (χ2v) is 7.65.